The molecule has 0 heterocycles. The minimum Gasteiger partial charge on any atom is -0.374 e. The van der Waals surface area contributed by atoms with Crippen molar-refractivity contribution in [3.63, 3.8) is 0 Å². The highest BCUT2D eigenvalue weighted by Crippen LogP contribution is 2.39. The van der Waals surface area contributed by atoms with Crippen LogP contribution in [0.5, 0.6) is 0 Å². The van der Waals surface area contributed by atoms with E-state index in [2.05, 4.69) is 0 Å². The van der Waals surface area contributed by atoms with Crippen molar-refractivity contribution >= 4 is 17.6 Å². The van der Waals surface area contributed by atoms with Crippen molar-refractivity contribution in [3.05, 3.63) is 0 Å². The van der Waals surface area contributed by atoms with Gasteiger partial charge in [-0.25, -0.2) is 0 Å². The minimum absolute atomic E-state index is 0.241. The van der Waals surface area contributed by atoms with Crippen LogP contribution < -0.4 is 5.73 Å². The summed E-state index contributed by atoms with van der Waals surface area (Å²) in [5.74, 6) is 0. The molecule has 0 spiro atoms. The number of nitrogens with two attached hydrogens (primary N) is 1. The summed E-state index contributed by atoms with van der Waals surface area (Å²) in [7, 11) is -6.17. The fourth-order valence-electron chi connectivity index (χ4n) is 2.80. The Labute approximate surface area is 149 Å². The molecule has 0 radical (unpaired) electrons. The fraction of sp³-hybridized carbons (Fsp3) is 1.00. The van der Waals surface area contributed by atoms with Gasteiger partial charge in [-0.3, -0.25) is 0 Å². The molecule has 146 valence electrons. The maximum absolute atomic E-state index is 6.10. The van der Waals surface area contributed by atoms with Gasteiger partial charge in [0.1, 0.15) is 5.16 Å². The highest BCUT2D eigenvalue weighted by Gasteiger charge is 2.65. The van der Waals surface area contributed by atoms with Gasteiger partial charge in [-0.1, -0.05) is 0 Å². The van der Waals surface area contributed by atoms with Crippen molar-refractivity contribution in [2.75, 3.05) is 46.2 Å². The van der Waals surface area contributed by atoms with Gasteiger partial charge < -0.3 is 32.3 Å². The lowest BCUT2D eigenvalue weighted by molar-refractivity contribution is 0.0317. The predicted molar refractivity (Wildman–Crippen MR) is 98.7 cm³/mol. The normalized spacial score (nSPS) is 13.0. The quantitative estimate of drug-likeness (QED) is 0.410. The van der Waals surface area contributed by atoms with Gasteiger partial charge in [0.05, 0.1) is 0 Å². The molecular weight excluding hydrogens is 346 g/mol. The van der Waals surface area contributed by atoms with E-state index in [0.29, 0.717) is 52.6 Å². The van der Waals surface area contributed by atoms with Gasteiger partial charge >= 0.3 is 17.6 Å². The van der Waals surface area contributed by atoms with E-state index in [-0.39, 0.29) is 5.16 Å². The predicted octanol–water partition coefficient (Wildman–Crippen LogP) is 2.34. The van der Waals surface area contributed by atoms with Crippen LogP contribution in [0.4, 0.5) is 0 Å². The molecule has 0 saturated carbocycles. The van der Waals surface area contributed by atoms with E-state index < -0.39 is 17.6 Å². The minimum atomic E-state index is -3.09. The van der Waals surface area contributed by atoms with Crippen molar-refractivity contribution in [2.24, 2.45) is 5.73 Å². The zero-order valence-corrected chi connectivity index (χ0v) is 18.3. The van der Waals surface area contributed by atoms with Crippen LogP contribution in [0.25, 0.3) is 0 Å². The first-order valence-corrected chi connectivity index (χ1v) is 12.7. The van der Waals surface area contributed by atoms with Gasteiger partial charge in [-0.2, -0.15) is 0 Å². The average molecular weight is 384 g/mol. The van der Waals surface area contributed by atoms with E-state index in [0.717, 1.165) is 0 Å². The second-order valence-electron chi connectivity index (χ2n) is 4.94. The first-order valence-electron chi connectivity index (χ1n) is 9.09. The summed E-state index contributed by atoms with van der Waals surface area (Å²) in [5, 5.41) is -0.241. The lowest BCUT2D eigenvalue weighted by atomic mass is 10.5. The maximum atomic E-state index is 6.10. The number of rotatable bonds is 16. The Morgan fingerprint density at radius 1 is 0.583 bits per heavy atom. The number of hydrogen-bond donors (Lipinski definition) is 1. The first kappa shape index (κ1) is 24.2. The molecule has 0 atom stereocenters. The summed E-state index contributed by atoms with van der Waals surface area (Å²) >= 11 is 0. The van der Waals surface area contributed by atoms with Gasteiger partial charge in [0.25, 0.3) is 0 Å². The third-order valence-corrected chi connectivity index (χ3v) is 11.9. The molecule has 0 aliphatic heterocycles. The Morgan fingerprint density at radius 3 is 1.00 bits per heavy atom. The third kappa shape index (κ3) is 6.47. The third-order valence-electron chi connectivity index (χ3n) is 3.38. The molecule has 0 rings (SSSR count). The van der Waals surface area contributed by atoms with Crippen LogP contribution in [0, 0.1) is 0 Å². The van der Waals surface area contributed by atoms with Gasteiger partial charge in [0.15, 0.2) is 0 Å². The summed E-state index contributed by atoms with van der Waals surface area (Å²) in [6.07, 6.45) is 0.610. The molecule has 0 unspecified atom stereocenters. The second-order valence-corrected chi connectivity index (χ2v) is 11.1. The molecule has 0 fully saturated rings. The lowest BCUT2D eigenvalue weighted by Crippen LogP contribution is -2.64. The molecule has 0 amide bonds. The second kappa shape index (κ2) is 13.4. The van der Waals surface area contributed by atoms with E-state index in [9.17, 15) is 0 Å². The smallest absolute Gasteiger partial charge is 0.374 e. The van der Waals surface area contributed by atoms with Crippen molar-refractivity contribution in [1.29, 1.82) is 0 Å². The largest absolute Gasteiger partial charge is 0.508 e. The van der Waals surface area contributed by atoms with Crippen LogP contribution in [0.1, 0.15) is 48.0 Å². The topological polar surface area (TPSA) is 81.4 Å². The Balaban J connectivity index is 6.05. The SMILES string of the molecule is CCO[Si](OCC)(OCC)C(CCN)[Si](OCC)(OCC)OCC. The van der Waals surface area contributed by atoms with E-state index in [1.165, 1.54) is 0 Å². The average Bonchev–Trinajstić information content (AvgIpc) is 2.54. The molecule has 24 heavy (non-hydrogen) atoms. The highest BCUT2D eigenvalue weighted by molar-refractivity contribution is 6.82. The Bertz CT molecular complexity index is 252. The van der Waals surface area contributed by atoms with Crippen LogP contribution in [-0.2, 0) is 26.6 Å². The zero-order chi connectivity index (χ0) is 18.5. The molecule has 0 aliphatic carbocycles. The van der Waals surface area contributed by atoms with Gasteiger partial charge in [-0.05, 0) is 54.5 Å². The molecule has 9 heteroatoms. The monoisotopic (exact) mass is 383 g/mol. The van der Waals surface area contributed by atoms with Crippen LogP contribution >= 0.6 is 0 Å². The summed E-state index contributed by atoms with van der Waals surface area (Å²) in [4.78, 5) is 0. The van der Waals surface area contributed by atoms with Crippen molar-refractivity contribution in [1.82, 2.24) is 0 Å². The van der Waals surface area contributed by atoms with Crippen molar-refractivity contribution in [2.45, 2.75) is 53.1 Å². The van der Waals surface area contributed by atoms with Gasteiger partial charge in [0.2, 0.25) is 0 Å². The molecule has 0 bridgehead atoms. The molecule has 7 nitrogen and oxygen atoms in total. The molecule has 0 aromatic heterocycles. The van der Waals surface area contributed by atoms with E-state index in [4.69, 9.17) is 32.3 Å². The Hall–Kier alpha value is 0.154. The van der Waals surface area contributed by atoms with Crippen LogP contribution in [-0.4, -0.2) is 63.8 Å². The summed E-state index contributed by atoms with van der Waals surface area (Å²) in [5.41, 5.74) is 5.91. The van der Waals surface area contributed by atoms with Crippen molar-refractivity contribution < 1.29 is 26.6 Å². The molecule has 0 aromatic rings. The summed E-state index contributed by atoms with van der Waals surface area (Å²) in [6.45, 7) is 15.0. The Morgan fingerprint density at radius 2 is 0.833 bits per heavy atom. The van der Waals surface area contributed by atoms with E-state index in [1.54, 1.807) is 0 Å². The Kier molecular flexibility index (Phi) is 13.5. The lowest BCUT2D eigenvalue weighted by Gasteiger charge is -2.42. The standard InChI is InChI=1S/C15H37NO6Si2/c1-7-17-23(18-8-2,19-9-3)15(13-14-16)24(20-10-4,21-11-5)22-12-6/h15H,7-14,16H2,1-6H3. The maximum Gasteiger partial charge on any atom is 0.508 e. The van der Waals surface area contributed by atoms with E-state index in [1.807, 2.05) is 41.5 Å². The highest BCUT2D eigenvalue weighted by atomic mass is 28.5. The molecule has 0 aromatic carbocycles. The molecule has 0 saturated heterocycles. The summed E-state index contributed by atoms with van der Waals surface area (Å²) < 4.78 is 36.6. The molecular formula is C15H37NO6Si2. The van der Waals surface area contributed by atoms with Crippen LogP contribution in [0.2, 0.25) is 5.16 Å². The molecule has 2 N–H and O–H groups in total. The van der Waals surface area contributed by atoms with Gasteiger partial charge in [0, 0.05) is 39.6 Å². The first-order chi connectivity index (χ1) is 11.6. The molecule has 0 aliphatic rings. The van der Waals surface area contributed by atoms with Crippen LogP contribution in [0.15, 0.2) is 0 Å². The van der Waals surface area contributed by atoms with E-state index >= 15 is 0 Å². The van der Waals surface area contributed by atoms with Crippen molar-refractivity contribution in [3.8, 4) is 0 Å². The van der Waals surface area contributed by atoms with Crippen LogP contribution in [0.3, 0.4) is 0 Å². The number of hydrogen-bond acceptors (Lipinski definition) is 7. The fourth-order valence-corrected chi connectivity index (χ4v) is 11.2. The summed E-state index contributed by atoms with van der Waals surface area (Å²) in [6, 6.07) is 0. The zero-order valence-electron chi connectivity index (χ0n) is 16.3. The van der Waals surface area contributed by atoms with Gasteiger partial charge in [-0.15, -0.1) is 0 Å².